The first-order chi connectivity index (χ1) is 9.51. The number of nitrogens with zero attached hydrogens (tertiary/aromatic N) is 1. The zero-order valence-corrected chi connectivity index (χ0v) is 13.5. The van der Waals surface area contributed by atoms with Crippen molar-refractivity contribution in [3.8, 4) is 0 Å². The molecule has 1 amide bonds. The monoisotopic (exact) mass is 297 g/mol. The summed E-state index contributed by atoms with van der Waals surface area (Å²) in [5.74, 6) is 0.456. The van der Waals surface area contributed by atoms with Crippen LogP contribution in [0.4, 0.5) is 5.82 Å². The van der Waals surface area contributed by atoms with Gasteiger partial charge in [-0.05, 0) is 38.3 Å². The largest absolute Gasteiger partial charge is 0.370 e. The molecule has 0 aliphatic rings. The van der Waals surface area contributed by atoms with Crippen LogP contribution in [0.3, 0.4) is 0 Å². The second-order valence-corrected chi connectivity index (χ2v) is 5.26. The summed E-state index contributed by atoms with van der Waals surface area (Å²) in [6, 6.07) is 3.47. The second kappa shape index (κ2) is 7.48. The smallest absolute Gasteiger partial charge is 0.271 e. The first kappa shape index (κ1) is 16.8. The molecule has 0 atom stereocenters. The van der Waals surface area contributed by atoms with Gasteiger partial charge in [0.15, 0.2) is 0 Å². The highest BCUT2D eigenvalue weighted by atomic mass is 35.5. The predicted octanol–water partition coefficient (Wildman–Crippen LogP) is 3.87. The number of rotatable bonds is 7. The molecule has 2 N–H and O–H groups in total. The summed E-state index contributed by atoms with van der Waals surface area (Å²) in [7, 11) is 0. The van der Waals surface area contributed by atoms with Crippen molar-refractivity contribution in [3.63, 3.8) is 0 Å². The van der Waals surface area contributed by atoms with Crippen molar-refractivity contribution in [2.45, 2.75) is 52.5 Å². The van der Waals surface area contributed by atoms with E-state index in [9.17, 15) is 4.79 Å². The molecular weight excluding hydrogens is 274 g/mol. The number of amides is 1. The van der Waals surface area contributed by atoms with E-state index in [1.165, 1.54) is 0 Å². The average molecular weight is 298 g/mol. The Labute approximate surface area is 126 Å². The van der Waals surface area contributed by atoms with E-state index < -0.39 is 0 Å². The molecule has 1 aromatic rings. The third kappa shape index (κ3) is 3.85. The zero-order valence-electron chi connectivity index (χ0n) is 12.7. The van der Waals surface area contributed by atoms with E-state index in [1.807, 2.05) is 6.92 Å². The number of pyridine rings is 1. The fourth-order valence-electron chi connectivity index (χ4n) is 2.20. The summed E-state index contributed by atoms with van der Waals surface area (Å²) >= 11 is 6.10. The van der Waals surface area contributed by atoms with Crippen LogP contribution in [-0.2, 0) is 0 Å². The number of carbonyl (C=O) groups excluding carboxylic acids is 1. The summed E-state index contributed by atoms with van der Waals surface area (Å²) < 4.78 is 0. The van der Waals surface area contributed by atoms with E-state index in [4.69, 9.17) is 11.6 Å². The Morgan fingerprint density at radius 3 is 2.30 bits per heavy atom. The molecule has 1 rings (SSSR count). The molecule has 0 aliphatic carbocycles. The van der Waals surface area contributed by atoms with Crippen molar-refractivity contribution in [3.05, 3.63) is 22.8 Å². The third-order valence-corrected chi connectivity index (χ3v) is 4.13. The molecular formula is C15H24ClN3O. The quantitative estimate of drug-likeness (QED) is 0.803. The van der Waals surface area contributed by atoms with Crippen LogP contribution in [0.15, 0.2) is 12.1 Å². The highest BCUT2D eigenvalue weighted by Gasteiger charge is 2.27. The number of hydrogen-bond acceptors (Lipinski definition) is 3. The number of carbonyl (C=O) groups is 1. The van der Waals surface area contributed by atoms with Crippen molar-refractivity contribution in [1.82, 2.24) is 10.3 Å². The van der Waals surface area contributed by atoms with E-state index in [2.05, 4.69) is 36.4 Å². The number of anilines is 1. The normalized spacial score (nSPS) is 11.2. The average Bonchev–Trinajstić information content (AvgIpc) is 2.47. The van der Waals surface area contributed by atoms with E-state index in [1.54, 1.807) is 12.1 Å². The molecule has 0 saturated carbocycles. The Morgan fingerprint density at radius 2 is 1.80 bits per heavy atom. The molecule has 0 fully saturated rings. The summed E-state index contributed by atoms with van der Waals surface area (Å²) in [6.07, 6.45) is 2.66. The Bertz CT molecular complexity index is 450. The molecule has 0 saturated heterocycles. The van der Waals surface area contributed by atoms with E-state index in [0.29, 0.717) is 10.8 Å². The van der Waals surface area contributed by atoms with Gasteiger partial charge in [-0.1, -0.05) is 32.4 Å². The number of hydrogen-bond donors (Lipinski definition) is 2. The van der Waals surface area contributed by atoms with Crippen LogP contribution in [0.25, 0.3) is 0 Å². The molecule has 1 aromatic heterocycles. The Kier molecular flexibility index (Phi) is 6.27. The van der Waals surface area contributed by atoms with Gasteiger partial charge in [-0.25, -0.2) is 4.98 Å². The van der Waals surface area contributed by atoms with Crippen LogP contribution >= 0.6 is 11.6 Å². The first-order valence-corrected chi connectivity index (χ1v) is 7.62. The van der Waals surface area contributed by atoms with Crippen LogP contribution in [0.5, 0.6) is 0 Å². The van der Waals surface area contributed by atoms with E-state index in [-0.39, 0.29) is 17.1 Å². The number of nitrogens with one attached hydrogen (secondary N) is 2. The lowest BCUT2D eigenvalue weighted by molar-refractivity contribution is 0.0883. The predicted molar refractivity (Wildman–Crippen MR) is 84.5 cm³/mol. The van der Waals surface area contributed by atoms with Gasteiger partial charge in [0.05, 0.1) is 5.02 Å². The van der Waals surface area contributed by atoms with Crippen LogP contribution in [0.1, 0.15) is 57.4 Å². The highest BCUT2D eigenvalue weighted by molar-refractivity contribution is 6.33. The first-order valence-electron chi connectivity index (χ1n) is 7.24. The standard InChI is InChI=1S/C15H24ClN3O/c1-5-15(6-2,7-3)19-14(20)13-11(16)9-10-12(18-13)17-8-4/h9-10H,5-8H2,1-4H3,(H,17,18)(H,19,20). The molecule has 0 bridgehead atoms. The molecule has 0 aromatic carbocycles. The maximum absolute atomic E-state index is 12.4. The van der Waals surface area contributed by atoms with Crippen LogP contribution in [-0.4, -0.2) is 23.0 Å². The van der Waals surface area contributed by atoms with Crippen molar-refractivity contribution in [2.75, 3.05) is 11.9 Å². The minimum Gasteiger partial charge on any atom is -0.370 e. The third-order valence-electron chi connectivity index (χ3n) is 3.83. The molecule has 5 heteroatoms. The lowest BCUT2D eigenvalue weighted by atomic mass is 9.89. The Hall–Kier alpha value is -1.29. The van der Waals surface area contributed by atoms with Crippen molar-refractivity contribution in [2.24, 2.45) is 0 Å². The van der Waals surface area contributed by atoms with Gasteiger partial charge in [0.1, 0.15) is 11.5 Å². The van der Waals surface area contributed by atoms with Gasteiger partial charge in [-0.15, -0.1) is 0 Å². The molecule has 1 heterocycles. The second-order valence-electron chi connectivity index (χ2n) is 4.85. The Balaban J connectivity index is 2.99. The van der Waals surface area contributed by atoms with Crippen LogP contribution in [0.2, 0.25) is 5.02 Å². The number of halogens is 1. The van der Waals surface area contributed by atoms with E-state index in [0.717, 1.165) is 25.8 Å². The van der Waals surface area contributed by atoms with Crippen LogP contribution < -0.4 is 10.6 Å². The van der Waals surface area contributed by atoms with Gasteiger partial charge in [0.25, 0.3) is 5.91 Å². The maximum atomic E-state index is 12.4. The molecule has 4 nitrogen and oxygen atoms in total. The topological polar surface area (TPSA) is 54.0 Å². The van der Waals surface area contributed by atoms with Gasteiger partial charge in [-0.3, -0.25) is 4.79 Å². The van der Waals surface area contributed by atoms with Crippen molar-refractivity contribution in [1.29, 1.82) is 0 Å². The molecule has 20 heavy (non-hydrogen) atoms. The van der Waals surface area contributed by atoms with Gasteiger partial charge < -0.3 is 10.6 Å². The molecule has 0 aliphatic heterocycles. The molecule has 0 radical (unpaired) electrons. The maximum Gasteiger partial charge on any atom is 0.271 e. The minimum absolute atomic E-state index is 0.184. The van der Waals surface area contributed by atoms with Crippen LogP contribution in [0, 0.1) is 0 Å². The molecule has 0 unspecified atom stereocenters. The Morgan fingerprint density at radius 1 is 1.20 bits per heavy atom. The van der Waals surface area contributed by atoms with Gasteiger partial charge >= 0.3 is 0 Å². The summed E-state index contributed by atoms with van der Waals surface area (Å²) in [5, 5.41) is 6.55. The van der Waals surface area contributed by atoms with Crippen molar-refractivity contribution >= 4 is 23.3 Å². The minimum atomic E-state index is -0.208. The lowest BCUT2D eigenvalue weighted by Crippen LogP contribution is -2.47. The summed E-state index contributed by atoms with van der Waals surface area (Å²) in [4.78, 5) is 16.7. The fraction of sp³-hybridized carbons (Fsp3) is 0.600. The summed E-state index contributed by atoms with van der Waals surface area (Å²) in [6.45, 7) is 8.97. The SMILES string of the molecule is CCNc1ccc(Cl)c(C(=O)NC(CC)(CC)CC)n1. The van der Waals surface area contributed by atoms with Gasteiger partial charge in [0, 0.05) is 12.1 Å². The zero-order chi connectivity index (χ0) is 15.2. The summed E-state index contributed by atoms with van der Waals surface area (Å²) in [5.41, 5.74) is 0.0980. The lowest BCUT2D eigenvalue weighted by Gasteiger charge is -2.31. The van der Waals surface area contributed by atoms with Crippen molar-refractivity contribution < 1.29 is 4.79 Å². The molecule has 0 spiro atoms. The highest BCUT2D eigenvalue weighted by Crippen LogP contribution is 2.22. The number of aromatic nitrogens is 1. The van der Waals surface area contributed by atoms with Gasteiger partial charge in [-0.2, -0.15) is 0 Å². The van der Waals surface area contributed by atoms with Gasteiger partial charge in [0.2, 0.25) is 0 Å². The van der Waals surface area contributed by atoms with E-state index >= 15 is 0 Å². The molecule has 112 valence electrons. The fourth-order valence-corrected chi connectivity index (χ4v) is 2.39.